The van der Waals surface area contributed by atoms with Crippen molar-refractivity contribution in [2.75, 3.05) is 13.7 Å². The van der Waals surface area contributed by atoms with Crippen molar-refractivity contribution in [1.29, 1.82) is 0 Å². The average Bonchev–Trinajstić information content (AvgIpc) is 3.05. The molecule has 0 bridgehead atoms. The van der Waals surface area contributed by atoms with Gasteiger partial charge in [0.25, 0.3) is 10.1 Å². The normalized spacial score (nSPS) is 20.2. The van der Waals surface area contributed by atoms with Gasteiger partial charge in [0, 0.05) is 0 Å². The largest absolute Gasteiger partial charge is 0.497 e. The molecule has 4 atom stereocenters. The maximum atomic E-state index is 13.6. The molecule has 0 saturated carbocycles. The molecule has 1 aliphatic heterocycles. The van der Waals surface area contributed by atoms with Crippen LogP contribution in [0.25, 0.3) is 0 Å². The van der Waals surface area contributed by atoms with Gasteiger partial charge >= 0.3 is 6.09 Å². The summed E-state index contributed by atoms with van der Waals surface area (Å²) in [5.41, 5.74) is 3.12. The maximum absolute atomic E-state index is 13.6. The van der Waals surface area contributed by atoms with E-state index >= 15 is 0 Å². The summed E-state index contributed by atoms with van der Waals surface area (Å²) in [6.45, 7) is 1.67. The van der Waals surface area contributed by atoms with Gasteiger partial charge in [0.2, 0.25) is 0 Å². The lowest BCUT2D eigenvalue weighted by Crippen LogP contribution is -2.60. The Balaban J connectivity index is 1.52. The van der Waals surface area contributed by atoms with Crippen LogP contribution >= 0.6 is 0 Å². The number of rotatable bonds is 10. The zero-order valence-corrected chi connectivity index (χ0v) is 25.3. The number of aliphatic hydroxyl groups is 1. The molecule has 1 aliphatic rings. The summed E-state index contributed by atoms with van der Waals surface area (Å²) in [5, 5.41) is 11.4. The lowest BCUT2D eigenvalue weighted by atomic mass is 9.89. The van der Waals surface area contributed by atoms with Gasteiger partial charge in [-0.25, -0.2) is 4.79 Å². The van der Waals surface area contributed by atoms with Gasteiger partial charge in [-0.1, -0.05) is 90.5 Å². The molecule has 10 heteroatoms. The smallest absolute Gasteiger partial charge is 0.410 e. The van der Waals surface area contributed by atoms with E-state index in [-0.39, 0.29) is 24.7 Å². The Bertz CT molecular complexity index is 1610. The van der Waals surface area contributed by atoms with Crippen LogP contribution in [0.4, 0.5) is 4.79 Å². The summed E-state index contributed by atoms with van der Waals surface area (Å²) in [4.78, 5) is 15.0. The highest BCUT2D eigenvalue weighted by Gasteiger charge is 2.49. The third kappa shape index (κ3) is 7.46. The maximum Gasteiger partial charge on any atom is 0.410 e. The zero-order chi connectivity index (χ0) is 31.1. The van der Waals surface area contributed by atoms with Gasteiger partial charge in [-0.2, -0.15) is 8.42 Å². The first kappa shape index (κ1) is 31.2. The monoisotopic (exact) mass is 617 g/mol. The molecule has 1 fully saturated rings. The minimum atomic E-state index is -4.32. The summed E-state index contributed by atoms with van der Waals surface area (Å²) in [7, 11) is -2.77. The van der Waals surface area contributed by atoms with E-state index in [1.54, 1.807) is 43.5 Å². The Morgan fingerprint density at radius 1 is 0.818 bits per heavy atom. The number of carbonyl (C=O) groups is 1. The van der Waals surface area contributed by atoms with E-state index in [0.717, 1.165) is 16.7 Å². The first-order valence-corrected chi connectivity index (χ1v) is 15.6. The number of β-amino-alcohol motifs (C(OH)–C–C–N with tert-alkyl or cyclic N) is 1. The molecule has 1 heterocycles. The van der Waals surface area contributed by atoms with Gasteiger partial charge in [-0.15, -0.1) is 0 Å². The molecule has 44 heavy (non-hydrogen) atoms. The van der Waals surface area contributed by atoms with Crippen LogP contribution in [-0.2, 0) is 37.0 Å². The van der Waals surface area contributed by atoms with Gasteiger partial charge in [0.1, 0.15) is 30.7 Å². The number of aliphatic hydroxyl groups excluding tert-OH is 1. The first-order valence-electron chi connectivity index (χ1n) is 14.2. The van der Waals surface area contributed by atoms with Crippen molar-refractivity contribution in [3.63, 3.8) is 0 Å². The molecular formula is C34H35NO8S. The highest BCUT2D eigenvalue weighted by Crippen LogP contribution is 2.38. The summed E-state index contributed by atoms with van der Waals surface area (Å²) in [5.74, 6) is 0.597. The van der Waals surface area contributed by atoms with Gasteiger partial charge < -0.3 is 19.3 Å². The lowest BCUT2D eigenvalue weighted by Gasteiger charge is -2.46. The van der Waals surface area contributed by atoms with Crippen molar-refractivity contribution in [1.82, 2.24) is 4.90 Å². The van der Waals surface area contributed by atoms with Crippen molar-refractivity contribution >= 4 is 16.2 Å². The predicted molar refractivity (Wildman–Crippen MR) is 163 cm³/mol. The predicted octanol–water partition coefficient (Wildman–Crippen LogP) is 5.42. The fraction of sp³-hybridized carbons (Fsp3) is 0.265. The number of likely N-dealkylation sites (tertiary alicyclic amines) is 1. The second-order valence-electron chi connectivity index (χ2n) is 10.6. The van der Waals surface area contributed by atoms with Crippen LogP contribution in [0.3, 0.4) is 0 Å². The number of benzene rings is 4. The Morgan fingerprint density at radius 2 is 1.41 bits per heavy atom. The zero-order valence-electron chi connectivity index (χ0n) is 24.5. The molecule has 0 aromatic heterocycles. The molecule has 1 saturated heterocycles. The minimum absolute atomic E-state index is 0.0128. The summed E-state index contributed by atoms with van der Waals surface area (Å²) in [6.07, 6.45) is -4.58. The molecule has 230 valence electrons. The van der Waals surface area contributed by atoms with Crippen molar-refractivity contribution in [3.8, 4) is 5.75 Å². The summed E-state index contributed by atoms with van der Waals surface area (Å²) < 4.78 is 50.1. The van der Waals surface area contributed by atoms with Crippen LogP contribution in [0.1, 0.15) is 28.3 Å². The molecular weight excluding hydrogens is 582 g/mol. The van der Waals surface area contributed by atoms with Gasteiger partial charge in [-0.05, 0) is 47.9 Å². The van der Waals surface area contributed by atoms with Crippen LogP contribution < -0.4 is 4.74 Å². The van der Waals surface area contributed by atoms with Crippen molar-refractivity contribution in [2.45, 2.75) is 49.4 Å². The number of hydrogen-bond donors (Lipinski definition) is 1. The Morgan fingerprint density at radius 3 is 2.00 bits per heavy atom. The average molecular weight is 618 g/mol. The standard InChI is InChI=1S/C34H35NO8S/c1-24-13-19-29(20-14-24)44(38,39)43-32-30(36)21-35(34(37)42-23-26-11-7-4-8-12-26)31(27-15-17-28(40-2)18-16-27)33(32)41-22-25-9-5-3-6-10-25/h3-20,30-33,36H,21-23H2,1-2H3/t30-,31+,32-,33+/m0/s1. The number of nitrogens with zero attached hydrogens (tertiary/aromatic N) is 1. The molecule has 4 aromatic rings. The molecule has 9 nitrogen and oxygen atoms in total. The molecule has 4 aromatic carbocycles. The van der Waals surface area contributed by atoms with E-state index < -0.39 is 40.6 Å². The number of methoxy groups -OCH3 is 1. The topological polar surface area (TPSA) is 112 Å². The third-order valence-electron chi connectivity index (χ3n) is 7.46. The van der Waals surface area contributed by atoms with E-state index in [4.69, 9.17) is 18.4 Å². The molecule has 0 spiro atoms. The van der Waals surface area contributed by atoms with Gasteiger partial charge in [0.05, 0.1) is 31.2 Å². The number of amides is 1. The van der Waals surface area contributed by atoms with Gasteiger partial charge in [-0.3, -0.25) is 9.08 Å². The van der Waals surface area contributed by atoms with Crippen molar-refractivity contribution in [2.24, 2.45) is 0 Å². The van der Waals surface area contributed by atoms with E-state index in [9.17, 15) is 18.3 Å². The van der Waals surface area contributed by atoms with Gasteiger partial charge in [0.15, 0.2) is 0 Å². The molecule has 5 rings (SSSR count). The minimum Gasteiger partial charge on any atom is -0.497 e. The van der Waals surface area contributed by atoms with Crippen LogP contribution in [0.5, 0.6) is 5.75 Å². The van der Waals surface area contributed by atoms with Crippen LogP contribution in [0.2, 0.25) is 0 Å². The van der Waals surface area contributed by atoms with Crippen LogP contribution in [0, 0.1) is 6.92 Å². The summed E-state index contributed by atoms with van der Waals surface area (Å²) >= 11 is 0. The van der Waals surface area contributed by atoms with Crippen LogP contribution in [-0.4, -0.2) is 56.5 Å². The van der Waals surface area contributed by atoms with Crippen molar-refractivity contribution < 1.29 is 36.7 Å². The quantitative estimate of drug-likeness (QED) is 0.235. The number of carbonyl (C=O) groups excluding carboxylic acids is 1. The Hall–Kier alpha value is -4.22. The van der Waals surface area contributed by atoms with Crippen molar-refractivity contribution in [3.05, 3.63) is 131 Å². The Kier molecular flexibility index (Phi) is 9.96. The van der Waals surface area contributed by atoms with E-state index in [0.29, 0.717) is 11.3 Å². The summed E-state index contributed by atoms with van der Waals surface area (Å²) in [6, 6.07) is 30.9. The molecule has 0 radical (unpaired) electrons. The highest BCUT2D eigenvalue weighted by atomic mass is 32.2. The number of hydrogen-bond acceptors (Lipinski definition) is 8. The SMILES string of the molecule is COc1ccc([C@@H]2[C@@H](OCc3ccccc3)[C@@H](OS(=O)(=O)c3ccc(C)cc3)[C@@H](O)CN2C(=O)OCc2ccccc2)cc1. The van der Waals surface area contributed by atoms with Crippen LogP contribution in [0.15, 0.2) is 114 Å². The van der Waals surface area contributed by atoms with E-state index in [1.807, 2.05) is 67.6 Å². The number of aryl methyl sites for hydroxylation is 1. The van der Waals surface area contributed by atoms with E-state index in [2.05, 4.69) is 0 Å². The lowest BCUT2D eigenvalue weighted by molar-refractivity contribution is -0.149. The fourth-order valence-corrected chi connectivity index (χ4v) is 6.25. The first-order chi connectivity index (χ1) is 21.2. The van der Waals surface area contributed by atoms with E-state index in [1.165, 1.54) is 17.0 Å². The molecule has 0 unspecified atom stereocenters. The molecule has 1 amide bonds. The second kappa shape index (κ2) is 14.0. The molecule has 0 aliphatic carbocycles. The highest BCUT2D eigenvalue weighted by molar-refractivity contribution is 7.86. The second-order valence-corrected chi connectivity index (χ2v) is 12.1. The number of ether oxygens (including phenoxy) is 3. The Labute approximate surface area is 257 Å². The fourth-order valence-electron chi connectivity index (χ4n) is 5.13. The molecule has 1 N–H and O–H groups in total. The number of piperidine rings is 1. The third-order valence-corrected chi connectivity index (χ3v) is 8.79.